The third kappa shape index (κ3) is 3.38. The van der Waals surface area contributed by atoms with E-state index in [0.29, 0.717) is 19.0 Å². The van der Waals surface area contributed by atoms with E-state index >= 15 is 0 Å². The molecule has 0 saturated carbocycles. The smallest absolute Gasteiger partial charge is 0.244 e. The number of rotatable bonds is 4. The Morgan fingerprint density at radius 3 is 3.19 bits per heavy atom. The number of amides is 1. The minimum Gasteiger partial charge on any atom is -0.472 e. The first-order chi connectivity index (χ1) is 10.2. The van der Waals surface area contributed by atoms with Crippen LogP contribution in [0, 0.1) is 0 Å². The molecule has 8 heteroatoms. The lowest BCUT2D eigenvalue weighted by Crippen LogP contribution is -2.33. The Bertz CT molecular complexity index is 619. The molecule has 1 aliphatic heterocycles. The summed E-state index contributed by atoms with van der Waals surface area (Å²) in [4.78, 5) is 21.9. The molecular formula is C13H14BrN5O2. The molecule has 0 aliphatic carbocycles. The van der Waals surface area contributed by atoms with Crippen LogP contribution < -0.4 is 4.74 Å². The van der Waals surface area contributed by atoms with E-state index in [2.05, 4.69) is 31.0 Å². The summed E-state index contributed by atoms with van der Waals surface area (Å²) in [7, 11) is 0. The number of ether oxygens (including phenoxy) is 1. The summed E-state index contributed by atoms with van der Waals surface area (Å²) in [5, 5.41) is 3.94. The molecule has 1 saturated heterocycles. The minimum absolute atomic E-state index is 0.0201. The van der Waals surface area contributed by atoms with Gasteiger partial charge in [-0.15, -0.1) is 0 Å². The third-order valence-electron chi connectivity index (χ3n) is 3.26. The van der Waals surface area contributed by atoms with E-state index in [1.54, 1.807) is 11.1 Å². The van der Waals surface area contributed by atoms with Crippen molar-refractivity contribution in [2.75, 3.05) is 13.1 Å². The van der Waals surface area contributed by atoms with Crippen LogP contribution in [0.15, 0.2) is 35.5 Å². The van der Waals surface area contributed by atoms with Gasteiger partial charge in [0.2, 0.25) is 11.8 Å². The normalized spacial score (nSPS) is 18.0. The van der Waals surface area contributed by atoms with Crippen LogP contribution in [0.2, 0.25) is 0 Å². The highest BCUT2D eigenvalue weighted by molar-refractivity contribution is 9.10. The molecule has 1 unspecified atom stereocenters. The average Bonchev–Trinajstić information content (AvgIpc) is 3.13. The van der Waals surface area contributed by atoms with Crippen LogP contribution >= 0.6 is 15.9 Å². The Morgan fingerprint density at radius 1 is 1.52 bits per heavy atom. The van der Waals surface area contributed by atoms with Crippen LogP contribution in [-0.4, -0.2) is 49.7 Å². The Morgan fingerprint density at radius 2 is 2.43 bits per heavy atom. The summed E-state index contributed by atoms with van der Waals surface area (Å²) in [6, 6.07) is 3.71. The van der Waals surface area contributed by atoms with E-state index in [4.69, 9.17) is 4.74 Å². The van der Waals surface area contributed by atoms with Crippen molar-refractivity contribution in [3.05, 3.63) is 35.5 Å². The maximum atomic E-state index is 12.1. The molecule has 0 radical (unpaired) electrons. The maximum absolute atomic E-state index is 12.1. The number of carbonyl (C=O) groups excluding carboxylic acids is 1. The van der Waals surface area contributed by atoms with Crippen molar-refractivity contribution in [3.63, 3.8) is 0 Å². The summed E-state index contributed by atoms with van der Waals surface area (Å²) < 4.78 is 8.17. The molecule has 110 valence electrons. The topological polar surface area (TPSA) is 73.1 Å². The van der Waals surface area contributed by atoms with Gasteiger partial charge in [0.1, 0.15) is 25.3 Å². The van der Waals surface area contributed by atoms with Crippen molar-refractivity contribution in [2.24, 2.45) is 0 Å². The molecule has 0 bridgehead atoms. The van der Waals surface area contributed by atoms with Gasteiger partial charge < -0.3 is 9.64 Å². The number of hydrogen-bond donors (Lipinski definition) is 0. The molecule has 0 aromatic carbocycles. The van der Waals surface area contributed by atoms with E-state index in [-0.39, 0.29) is 18.6 Å². The van der Waals surface area contributed by atoms with Crippen molar-refractivity contribution >= 4 is 21.8 Å². The number of carbonyl (C=O) groups is 1. The lowest BCUT2D eigenvalue weighted by atomic mass is 10.3. The van der Waals surface area contributed by atoms with Gasteiger partial charge in [-0.05, 0) is 28.1 Å². The van der Waals surface area contributed by atoms with E-state index in [0.717, 1.165) is 10.9 Å². The second-order valence-electron chi connectivity index (χ2n) is 4.75. The predicted octanol–water partition coefficient (Wildman–Crippen LogP) is 1.12. The Hall–Kier alpha value is -1.96. The first-order valence-corrected chi connectivity index (χ1v) is 7.39. The van der Waals surface area contributed by atoms with Crippen LogP contribution in [0.4, 0.5) is 0 Å². The van der Waals surface area contributed by atoms with E-state index < -0.39 is 0 Å². The number of aromatic nitrogens is 4. The molecule has 1 aliphatic rings. The number of nitrogens with zero attached hydrogens (tertiary/aromatic N) is 5. The van der Waals surface area contributed by atoms with Gasteiger partial charge in [-0.1, -0.05) is 0 Å². The molecule has 7 nitrogen and oxygen atoms in total. The molecule has 21 heavy (non-hydrogen) atoms. The maximum Gasteiger partial charge on any atom is 0.244 e. The number of likely N-dealkylation sites (tertiary alicyclic amines) is 1. The largest absolute Gasteiger partial charge is 0.472 e. The average molecular weight is 352 g/mol. The summed E-state index contributed by atoms with van der Waals surface area (Å²) in [5.74, 6) is 0.583. The van der Waals surface area contributed by atoms with Gasteiger partial charge in [-0.3, -0.25) is 4.79 Å². The number of hydrogen-bond acceptors (Lipinski definition) is 5. The van der Waals surface area contributed by atoms with Gasteiger partial charge >= 0.3 is 0 Å². The lowest BCUT2D eigenvalue weighted by molar-refractivity contribution is -0.131. The molecule has 0 N–H and O–H groups in total. The van der Waals surface area contributed by atoms with Gasteiger partial charge in [0.15, 0.2) is 0 Å². The standard InChI is InChI=1S/C13H14BrN5O2/c14-11-2-1-4-16-13(11)21-10-3-5-18(6-10)12(20)7-19-9-15-8-17-19/h1-2,4,8-10H,3,5-7H2. The van der Waals surface area contributed by atoms with Crippen molar-refractivity contribution < 1.29 is 9.53 Å². The van der Waals surface area contributed by atoms with Gasteiger partial charge in [0, 0.05) is 19.2 Å². The fourth-order valence-electron chi connectivity index (χ4n) is 2.22. The summed E-state index contributed by atoms with van der Waals surface area (Å²) in [6.45, 7) is 1.46. The zero-order chi connectivity index (χ0) is 14.7. The molecular weight excluding hydrogens is 338 g/mol. The van der Waals surface area contributed by atoms with E-state index in [9.17, 15) is 4.79 Å². The first kappa shape index (κ1) is 14.0. The number of halogens is 1. The highest BCUT2D eigenvalue weighted by Gasteiger charge is 2.28. The zero-order valence-electron chi connectivity index (χ0n) is 11.2. The van der Waals surface area contributed by atoms with Crippen molar-refractivity contribution in [2.45, 2.75) is 19.1 Å². The van der Waals surface area contributed by atoms with Gasteiger partial charge in [0.25, 0.3) is 0 Å². The van der Waals surface area contributed by atoms with Crippen LogP contribution in [0.5, 0.6) is 5.88 Å². The van der Waals surface area contributed by atoms with Crippen molar-refractivity contribution in [1.82, 2.24) is 24.6 Å². The fraction of sp³-hybridized carbons (Fsp3) is 0.385. The molecule has 3 rings (SSSR count). The Labute approximate surface area is 130 Å². The number of pyridine rings is 1. The lowest BCUT2D eigenvalue weighted by Gasteiger charge is -2.17. The molecule has 3 heterocycles. The Balaban J connectivity index is 1.56. The van der Waals surface area contributed by atoms with Crippen LogP contribution in [0.25, 0.3) is 0 Å². The zero-order valence-corrected chi connectivity index (χ0v) is 12.8. The Kier molecular flexibility index (Phi) is 4.14. The second-order valence-corrected chi connectivity index (χ2v) is 5.61. The summed E-state index contributed by atoms with van der Waals surface area (Å²) in [6.07, 6.45) is 5.40. The third-order valence-corrected chi connectivity index (χ3v) is 3.87. The van der Waals surface area contributed by atoms with Gasteiger partial charge in [-0.25, -0.2) is 14.6 Å². The quantitative estimate of drug-likeness (QED) is 0.825. The molecule has 0 spiro atoms. The highest BCUT2D eigenvalue weighted by Crippen LogP contribution is 2.24. The van der Waals surface area contributed by atoms with Gasteiger partial charge in [0.05, 0.1) is 11.0 Å². The molecule has 1 amide bonds. The van der Waals surface area contributed by atoms with Crippen LogP contribution in [-0.2, 0) is 11.3 Å². The van der Waals surface area contributed by atoms with E-state index in [1.165, 1.54) is 17.3 Å². The van der Waals surface area contributed by atoms with Crippen molar-refractivity contribution in [3.8, 4) is 5.88 Å². The summed E-state index contributed by atoms with van der Waals surface area (Å²) >= 11 is 3.40. The van der Waals surface area contributed by atoms with Crippen LogP contribution in [0.3, 0.4) is 0 Å². The molecule has 2 aromatic heterocycles. The highest BCUT2D eigenvalue weighted by atomic mass is 79.9. The molecule has 1 atom stereocenters. The molecule has 1 fully saturated rings. The monoisotopic (exact) mass is 351 g/mol. The van der Waals surface area contributed by atoms with Crippen molar-refractivity contribution in [1.29, 1.82) is 0 Å². The second kappa shape index (κ2) is 6.21. The molecule has 2 aromatic rings. The fourth-order valence-corrected chi connectivity index (χ4v) is 2.57. The SMILES string of the molecule is O=C(Cn1cncn1)N1CCC(Oc2ncccc2Br)C1. The van der Waals surface area contributed by atoms with Crippen LogP contribution in [0.1, 0.15) is 6.42 Å². The summed E-state index contributed by atoms with van der Waals surface area (Å²) in [5.41, 5.74) is 0. The van der Waals surface area contributed by atoms with Gasteiger partial charge in [-0.2, -0.15) is 5.10 Å². The minimum atomic E-state index is -0.0316. The first-order valence-electron chi connectivity index (χ1n) is 6.60. The predicted molar refractivity (Wildman–Crippen MR) is 77.6 cm³/mol. The van der Waals surface area contributed by atoms with E-state index in [1.807, 2.05) is 12.1 Å².